The fourth-order valence-electron chi connectivity index (χ4n) is 2.81. The average molecular weight is 331 g/mol. The molecule has 1 N–H and O–H groups in total. The topological polar surface area (TPSA) is 54.0 Å². The number of carbonyl (C=O) groups is 1. The van der Waals surface area contributed by atoms with Crippen molar-refractivity contribution in [1.29, 1.82) is 0 Å². The second kappa shape index (κ2) is 7.57. The van der Waals surface area contributed by atoms with Crippen LogP contribution in [0.2, 0.25) is 0 Å². The van der Waals surface area contributed by atoms with E-state index in [-0.39, 0.29) is 6.03 Å². The minimum Gasteiger partial charge on any atom is -0.454 e. The van der Waals surface area contributed by atoms with E-state index < -0.39 is 0 Å². The summed E-state index contributed by atoms with van der Waals surface area (Å²) in [5, 5.41) is 2.83. The maximum absolute atomic E-state index is 12.1. The van der Waals surface area contributed by atoms with E-state index in [1.165, 1.54) is 5.56 Å². The molecular formula is C18H25N3O3. The quantitative estimate of drug-likeness (QED) is 0.920. The van der Waals surface area contributed by atoms with Crippen molar-refractivity contribution < 1.29 is 14.3 Å². The Labute approximate surface area is 143 Å². The van der Waals surface area contributed by atoms with Gasteiger partial charge in [-0.05, 0) is 23.6 Å². The predicted octanol–water partition coefficient (Wildman–Crippen LogP) is 2.41. The molecule has 0 unspecified atom stereocenters. The van der Waals surface area contributed by atoms with Crippen molar-refractivity contribution in [3.63, 3.8) is 0 Å². The lowest BCUT2D eigenvalue weighted by Gasteiger charge is -2.34. The molecule has 6 nitrogen and oxygen atoms in total. The molecule has 1 aromatic carbocycles. The molecule has 3 rings (SSSR count). The van der Waals surface area contributed by atoms with Crippen LogP contribution < -0.4 is 14.8 Å². The first-order valence-corrected chi connectivity index (χ1v) is 8.45. The zero-order valence-corrected chi connectivity index (χ0v) is 14.3. The summed E-state index contributed by atoms with van der Waals surface area (Å²) in [6.07, 6.45) is 3.72. The third-order valence-electron chi connectivity index (χ3n) is 4.19. The predicted molar refractivity (Wildman–Crippen MR) is 91.9 cm³/mol. The van der Waals surface area contributed by atoms with Crippen LogP contribution in [-0.4, -0.2) is 48.8 Å². The van der Waals surface area contributed by atoms with Gasteiger partial charge in [-0.25, -0.2) is 4.79 Å². The Morgan fingerprint density at radius 1 is 1.21 bits per heavy atom. The van der Waals surface area contributed by atoms with Crippen molar-refractivity contribution in [2.24, 2.45) is 5.92 Å². The van der Waals surface area contributed by atoms with Crippen molar-refractivity contribution in [2.45, 2.75) is 20.4 Å². The van der Waals surface area contributed by atoms with Gasteiger partial charge < -0.3 is 19.7 Å². The minimum atomic E-state index is -0.0189. The van der Waals surface area contributed by atoms with E-state index in [1.54, 1.807) is 6.20 Å². The molecule has 1 saturated heterocycles. The molecule has 0 atom stereocenters. The van der Waals surface area contributed by atoms with Crippen molar-refractivity contribution in [3.05, 3.63) is 36.0 Å². The molecule has 24 heavy (non-hydrogen) atoms. The van der Waals surface area contributed by atoms with Crippen LogP contribution in [0.5, 0.6) is 11.5 Å². The van der Waals surface area contributed by atoms with Gasteiger partial charge in [0.1, 0.15) is 0 Å². The Balaban J connectivity index is 1.46. The second-order valence-corrected chi connectivity index (χ2v) is 6.50. The number of nitrogens with one attached hydrogen (secondary N) is 1. The molecule has 0 spiro atoms. The average Bonchev–Trinajstić information content (AvgIpc) is 3.03. The van der Waals surface area contributed by atoms with E-state index in [9.17, 15) is 4.79 Å². The number of hydrogen-bond donors (Lipinski definition) is 1. The lowest BCUT2D eigenvalue weighted by molar-refractivity contribution is 0.137. The molecule has 6 heteroatoms. The van der Waals surface area contributed by atoms with E-state index in [0.717, 1.165) is 44.2 Å². The first-order chi connectivity index (χ1) is 11.6. The monoisotopic (exact) mass is 331 g/mol. The van der Waals surface area contributed by atoms with E-state index in [0.29, 0.717) is 12.7 Å². The Morgan fingerprint density at radius 2 is 1.96 bits per heavy atom. The number of fused-ring (bicyclic) bond motifs is 1. The molecule has 2 aliphatic rings. The number of amides is 2. The zero-order valence-electron chi connectivity index (χ0n) is 14.3. The Hall–Kier alpha value is -2.21. The summed E-state index contributed by atoms with van der Waals surface area (Å²) in [5.41, 5.74) is 1.21. The summed E-state index contributed by atoms with van der Waals surface area (Å²) in [7, 11) is 0. The van der Waals surface area contributed by atoms with Crippen LogP contribution >= 0.6 is 0 Å². The Morgan fingerprint density at radius 3 is 2.71 bits per heavy atom. The van der Waals surface area contributed by atoms with Gasteiger partial charge in [0, 0.05) is 38.9 Å². The van der Waals surface area contributed by atoms with Gasteiger partial charge in [0.15, 0.2) is 11.5 Å². The van der Waals surface area contributed by atoms with Crippen LogP contribution in [0.3, 0.4) is 0 Å². The number of allylic oxidation sites excluding steroid dienone is 1. The fourth-order valence-corrected chi connectivity index (χ4v) is 2.81. The van der Waals surface area contributed by atoms with Crippen LogP contribution in [0.4, 0.5) is 4.79 Å². The van der Waals surface area contributed by atoms with Crippen LogP contribution in [0.1, 0.15) is 19.4 Å². The van der Waals surface area contributed by atoms with Gasteiger partial charge >= 0.3 is 6.03 Å². The number of urea groups is 1. The molecule has 2 amide bonds. The van der Waals surface area contributed by atoms with E-state index in [2.05, 4.69) is 30.1 Å². The van der Waals surface area contributed by atoms with Crippen LogP contribution in [0.15, 0.2) is 30.5 Å². The number of hydrogen-bond acceptors (Lipinski definition) is 4. The van der Waals surface area contributed by atoms with Gasteiger partial charge in [-0.1, -0.05) is 26.0 Å². The number of ether oxygens (including phenoxy) is 2. The SMILES string of the molecule is CC(C)/C=C/NC(=O)N1CCN(Cc2ccc3c(c2)OCO3)CC1. The maximum Gasteiger partial charge on any atom is 0.321 e. The van der Waals surface area contributed by atoms with Crippen LogP contribution in [0.25, 0.3) is 0 Å². The van der Waals surface area contributed by atoms with Gasteiger partial charge in [0.05, 0.1) is 0 Å². The van der Waals surface area contributed by atoms with Crippen LogP contribution in [0, 0.1) is 5.92 Å². The molecular weight excluding hydrogens is 306 g/mol. The number of rotatable bonds is 4. The van der Waals surface area contributed by atoms with E-state index >= 15 is 0 Å². The zero-order chi connectivity index (χ0) is 16.9. The Bertz CT molecular complexity index is 608. The summed E-state index contributed by atoms with van der Waals surface area (Å²) in [4.78, 5) is 16.3. The summed E-state index contributed by atoms with van der Waals surface area (Å²) >= 11 is 0. The summed E-state index contributed by atoms with van der Waals surface area (Å²) in [6, 6.07) is 6.05. The van der Waals surface area contributed by atoms with Crippen molar-refractivity contribution in [3.8, 4) is 11.5 Å². The number of benzene rings is 1. The van der Waals surface area contributed by atoms with Gasteiger partial charge in [0.2, 0.25) is 6.79 Å². The highest BCUT2D eigenvalue weighted by Gasteiger charge is 2.21. The number of carbonyl (C=O) groups excluding carboxylic acids is 1. The summed E-state index contributed by atoms with van der Waals surface area (Å²) in [6.45, 7) is 8.55. The fraction of sp³-hybridized carbons (Fsp3) is 0.500. The molecule has 2 aliphatic heterocycles. The molecule has 0 aromatic heterocycles. The lowest BCUT2D eigenvalue weighted by Crippen LogP contribution is -2.50. The molecule has 0 aliphatic carbocycles. The highest BCUT2D eigenvalue weighted by molar-refractivity contribution is 5.75. The van der Waals surface area contributed by atoms with Gasteiger partial charge in [-0.3, -0.25) is 4.90 Å². The third-order valence-corrected chi connectivity index (χ3v) is 4.19. The first-order valence-electron chi connectivity index (χ1n) is 8.45. The van der Waals surface area contributed by atoms with Gasteiger partial charge in [0.25, 0.3) is 0 Å². The van der Waals surface area contributed by atoms with Crippen LogP contribution in [-0.2, 0) is 6.54 Å². The number of nitrogens with zero attached hydrogens (tertiary/aromatic N) is 2. The standard InChI is InChI=1S/C18H25N3O3/c1-14(2)5-6-19-18(22)21-9-7-20(8-10-21)12-15-3-4-16-17(11-15)24-13-23-16/h3-6,11,14H,7-10,12-13H2,1-2H3,(H,19,22)/b6-5+. The van der Waals surface area contributed by atoms with Gasteiger partial charge in [-0.15, -0.1) is 0 Å². The van der Waals surface area contributed by atoms with Crippen molar-refractivity contribution in [1.82, 2.24) is 15.1 Å². The Kier molecular flexibility index (Phi) is 5.25. The van der Waals surface area contributed by atoms with Crippen molar-refractivity contribution >= 4 is 6.03 Å². The summed E-state index contributed by atoms with van der Waals surface area (Å²) < 4.78 is 10.8. The third kappa shape index (κ3) is 4.20. The molecule has 130 valence electrons. The highest BCUT2D eigenvalue weighted by atomic mass is 16.7. The molecule has 0 radical (unpaired) electrons. The maximum atomic E-state index is 12.1. The highest BCUT2D eigenvalue weighted by Crippen LogP contribution is 2.32. The molecule has 2 heterocycles. The number of piperazine rings is 1. The second-order valence-electron chi connectivity index (χ2n) is 6.50. The first kappa shape index (κ1) is 16.6. The van der Waals surface area contributed by atoms with E-state index in [4.69, 9.17) is 9.47 Å². The minimum absolute atomic E-state index is 0.0189. The molecule has 0 saturated carbocycles. The largest absolute Gasteiger partial charge is 0.454 e. The normalized spacial score (nSPS) is 17.7. The molecule has 1 aromatic rings. The van der Waals surface area contributed by atoms with Gasteiger partial charge in [-0.2, -0.15) is 0 Å². The molecule has 0 bridgehead atoms. The smallest absolute Gasteiger partial charge is 0.321 e. The van der Waals surface area contributed by atoms with Crippen molar-refractivity contribution in [2.75, 3.05) is 33.0 Å². The molecule has 1 fully saturated rings. The lowest BCUT2D eigenvalue weighted by atomic mass is 10.1. The summed E-state index contributed by atoms with van der Waals surface area (Å²) in [5.74, 6) is 2.07. The van der Waals surface area contributed by atoms with E-state index in [1.807, 2.05) is 23.1 Å².